The molecular weight excluding hydrogens is 314 g/mol. The highest BCUT2D eigenvalue weighted by molar-refractivity contribution is 7.24. The zero-order chi connectivity index (χ0) is 14.7. The zero-order valence-electron chi connectivity index (χ0n) is 11.3. The third kappa shape index (κ3) is 3.79. The molecule has 0 saturated heterocycles. The standard InChI is InChI=1S/C13H16ClN3OS2/c1-7(15)5-6-16-12(18)11-8(2)17-13(20-11)9-3-4-10(14)19-9/h3-4,7H,5-6,15H2,1-2H3,(H,16,18). The Balaban J connectivity index is 2.09. The topological polar surface area (TPSA) is 68.0 Å². The Bertz CT molecular complexity index is 607. The van der Waals surface area contributed by atoms with Crippen LogP contribution in [0, 0.1) is 6.92 Å². The smallest absolute Gasteiger partial charge is 0.263 e. The molecule has 108 valence electrons. The Hall–Kier alpha value is -0.950. The summed E-state index contributed by atoms with van der Waals surface area (Å²) in [7, 11) is 0. The van der Waals surface area contributed by atoms with Gasteiger partial charge in [-0.25, -0.2) is 4.98 Å². The van der Waals surface area contributed by atoms with Crippen LogP contribution in [0.4, 0.5) is 0 Å². The molecule has 0 radical (unpaired) electrons. The number of thiazole rings is 1. The number of nitrogens with zero attached hydrogens (tertiary/aromatic N) is 1. The molecule has 4 nitrogen and oxygen atoms in total. The van der Waals surface area contributed by atoms with E-state index in [-0.39, 0.29) is 11.9 Å². The molecule has 2 rings (SSSR count). The Labute approximate surface area is 131 Å². The number of amides is 1. The van der Waals surface area contributed by atoms with Crippen molar-refractivity contribution in [1.82, 2.24) is 10.3 Å². The Kier molecular flexibility index (Phi) is 5.15. The zero-order valence-corrected chi connectivity index (χ0v) is 13.7. The van der Waals surface area contributed by atoms with Crippen LogP contribution in [-0.4, -0.2) is 23.5 Å². The molecule has 0 aliphatic carbocycles. The number of carbonyl (C=O) groups is 1. The summed E-state index contributed by atoms with van der Waals surface area (Å²) in [6.07, 6.45) is 0.761. The van der Waals surface area contributed by atoms with Crippen molar-refractivity contribution in [1.29, 1.82) is 0 Å². The number of aryl methyl sites for hydroxylation is 1. The van der Waals surface area contributed by atoms with Gasteiger partial charge in [-0.15, -0.1) is 22.7 Å². The lowest BCUT2D eigenvalue weighted by Gasteiger charge is -2.06. The van der Waals surface area contributed by atoms with E-state index in [2.05, 4.69) is 10.3 Å². The van der Waals surface area contributed by atoms with Crippen molar-refractivity contribution >= 4 is 40.2 Å². The maximum Gasteiger partial charge on any atom is 0.263 e. The number of aromatic nitrogens is 1. The quantitative estimate of drug-likeness (QED) is 0.884. The number of nitrogens with one attached hydrogen (secondary N) is 1. The van der Waals surface area contributed by atoms with Gasteiger partial charge in [0.05, 0.1) is 14.9 Å². The van der Waals surface area contributed by atoms with Crippen LogP contribution in [0.25, 0.3) is 9.88 Å². The second-order valence-corrected chi connectivity index (χ2v) is 7.27. The average molecular weight is 330 g/mol. The number of rotatable bonds is 5. The number of hydrogen-bond acceptors (Lipinski definition) is 5. The highest BCUT2D eigenvalue weighted by Crippen LogP contribution is 2.34. The number of halogens is 1. The molecule has 20 heavy (non-hydrogen) atoms. The predicted molar refractivity (Wildman–Crippen MR) is 85.8 cm³/mol. The molecule has 0 aromatic carbocycles. The van der Waals surface area contributed by atoms with E-state index in [4.69, 9.17) is 17.3 Å². The number of nitrogens with two attached hydrogens (primary N) is 1. The van der Waals surface area contributed by atoms with Crippen LogP contribution in [0.15, 0.2) is 12.1 Å². The second-order valence-electron chi connectivity index (χ2n) is 4.56. The summed E-state index contributed by atoms with van der Waals surface area (Å²) in [6, 6.07) is 3.84. The van der Waals surface area contributed by atoms with E-state index in [1.54, 1.807) is 0 Å². The number of carbonyl (C=O) groups excluding carboxylic acids is 1. The van der Waals surface area contributed by atoms with Gasteiger partial charge in [0.2, 0.25) is 0 Å². The molecule has 0 saturated carbocycles. The molecule has 2 heterocycles. The monoisotopic (exact) mass is 329 g/mol. The molecule has 2 aromatic heterocycles. The summed E-state index contributed by atoms with van der Waals surface area (Å²) in [6.45, 7) is 4.34. The Morgan fingerprint density at radius 2 is 2.25 bits per heavy atom. The molecule has 0 aliphatic heterocycles. The second kappa shape index (κ2) is 6.67. The van der Waals surface area contributed by atoms with Gasteiger partial charge in [-0.2, -0.15) is 0 Å². The van der Waals surface area contributed by atoms with E-state index < -0.39 is 0 Å². The van der Waals surface area contributed by atoms with E-state index in [1.165, 1.54) is 22.7 Å². The summed E-state index contributed by atoms with van der Waals surface area (Å²) in [5.74, 6) is -0.0884. The van der Waals surface area contributed by atoms with E-state index in [9.17, 15) is 4.79 Å². The largest absolute Gasteiger partial charge is 0.351 e. The fourth-order valence-electron chi connectivity index (χ4n) is 1.64. The highest BCUT2D eigenvalue weighted by atomic mass is 35.5. The minimum Gasteiger partial charge on any atom is -0.351 e. The van der Waals surface area contributed by atoms with Crippen LogP contribution in [0.2, 0.25) is 4.34 Å². The summed E-state index contributed by atoms with van der Waals surface area (Å²) in [4.78, 5) is 18.2. The van der Waals surface area contributed by atoms with Crippen LogP contribution < -0.4 is 11.1 Å². The average Bonchev–Trinajstić information content (AvgIpc) is 2.95. The first-order chi connectivity index (χ1) is 9.47. The molecule has 0 aliphatic rings. The lowest BCUT2D eigenvalue weighted by Crippen LogP contribution is -2.28. The van der Waals surface area contributed by atoms with Crippen LogP contribution >= 0.6 is 34.3 Å². The van der Waals surface area contributed by atoms with Gasteiger partial charge in [0.15, 0.2) is 0 Å². The third-order valence-electron chi connectivity index (χ3n) is 2.67. The van der Waals surface area contributed by atoms with E-state index >= 15 is 0 Å². The van der Waals surface area contributed by atoms with Crippen molar-refractivity contribution in [2.75, 3.05) is 6.54 Å². The fourth-order valence-corrected chi connectivity index (χ4v) is 3.72. The van der Waals surface area contributed by atoms with Crippen molar-refractivity contribution < 1.29 is 4.79 Å². The maximum absolute atomic E-state index is 12.1. The third-order valence-corrected chi connectivity index (χ3v) is 5.23. The predicted octanol–water partition coefficient (Wildman–Crippen LogP) is 3.30. The van der Waals surface area contributed by atoms with Crippen LogP contribution in [0.1, 0.15) is 28.7 Å². The van der Waals surface area contributed by atoms with Crippen LogP contribution in [0.3, 0.4) is 0 Å². The van der Waals surface area contributed by atoms with Gasteiger partial charge < -0.3 is 11.1 Å². The molecule has 1 atom stereocenters. The van der Waals surface area contributed by atoms with Gasteiger partial charge in [0, 0.05) is 12.6 Å². The maximum atomic E-state index is 12.1. The van der Waals surface area contributed by atoms with Gasteiger partial charge >= 0.3 is 0 Å². The Morgan fingerprint density at radius 1 is 1.50 bits per heavy atom. The first kappa shape index (κ1) is 15.4. The number of thiophene rings is 1. The van der Waals surface area contributed by atoms with Crippen molar-refractivity contribution in [3.63, 3.8) is 0 Å². The fraction of sp³-hybridized carbons (Fsp3) is 0.385. The summed E-state index contributed by atoms with van der Waals surface area (Å²) >= 11 is 8.77. The molecule has 0 fully saturated rings. The molecular formula is C13H16ClN3OS2. The lowest BCUT2D eigenvalue weighted by molar-refractivity contribution is 0.0956. The SMILES string of the molecule is Cc1nc(-c2ccc(Cl)s2)sc1C(=O)NCCC(C)N. The van der Waals surface area contributed by atoms with Gasteiger partial charge in [0.1, 0.15) is 9.88 Å². The van der Waals surface area contributed by atoms with E-state index in [0.717, 1.165) is 26.3 Å². The van der Waals surface area contributed by atoms with Crippen molar-refractivity contribution in [2.45, 2.75) is 26.3 Å². The van der Waals surface area contributed by atoms with E-state index in [0.29, 0.717) is 11.4 Å². The molecule has 1 unspecified atom stereocenters. The lowest BCUT2D eigenvalue weighted by atomic mass is 10.2. The highest BCUT2D eigenvalue weighted by Gasteiger charge is 2.16. The minimum atomic E-state index is -0.0884. The van der Waals surface area contributed by atoms with Crippen molar-refractivity contribution in [3.05, 3.63) is 27.0 Å². The van der Waals surface area contributed by atoms with Gasteiger partial charge in [-0.3, -0.25) is 4.79 Å². The molecule has 1 amide bonds. The number of hydrogen-bond donors (Lipinski definition) is 2. The van der Waals surface area contributed by atoms with Crippen molar-refractivity contribution in [2.24, 2.45) is 5.73 Å². The van der Waals surface area contributed by atoms with Crippen LogP contribution in [-0.2, 0) is 0 Å². The normalized spacial score (nSPS) is 12.4. The van der Waals surface area contributed by atoms with Gasteiger partial charge in [-0.1, -0.05) is 11.6 Å². The van der Waals surface area contributed by atoms with Gasteiger partial charge in [0.25, 0.3) is 5.91 Å². The molecule has 3 N–H and O–H groups in total. The molecule has 0 bridgehead atoms. The van der Waals surface area contributed by atoms with E-state index in [1.807, 2.05) is 26.0 Å². The summed E-state index contributed by atoms with van der Waals surface area (Å²) in [5, 5.41) is 3.70. The Morgan fingerprint density at radius 3 is 2.85 bits per heavy atom. The molecule has 7 heteroatoms. The summed E-state index contributed by atoms with van der Waals surface area (Å²) in [5.41, 5.74) is 6.40. The van der Waals surface area contributed by atoms with Crippen LogP contribution in [0.5, 0.6) is 0 Å². The minimum absolute atomic E-state index is 0.0849. The van der Waals surface area contributed by atoms with Gasteiger partial charge in [-0.05, 0) is 32.4 Å². The van der Waals surface area contributed by atoms with Crippen molar-refractivity contribution in [3.8, 4) is 9.88 Å². The molecule has 2 aromatic rings. The molecule has 0 spiro atoms. The first-order valence-electron chi connectivity index (χ1n) is 6.24. The first-order valence-corrected chi connectivity index (χ1v) is 8.25. The summed E-state index contributed by atoms with van der Waals surface area (Å²) < 4.78 is 0.718.